The van der Waals surface area contributed by atoms with Crippen molar-refractivity contribution in [3.8, 4) is 5.75 Å². The van der Waals surface area contributed by atoms with Gasteiger partial charge in [0.1, 0.15) is 5.75 Å². The van der Waals surface area contributed by atoms with E-state index in [1.54, 1.807) is 12.1 Å². The molecule has 29 heavy (non-hydrogen) atoms. The Bertz CT molecular complexity index is 918. The molecule has 0 aromatic heterocycles. The summed E-state index contributed by atoms with van der Waals surface area (Å²) in [4.78, 5) is 35.4. The standard InChI is InChI=1S/C20H20F2N2O5/c1-12-3-6-17(28-2)13(7-12)8-20(27)29-11-19(26)23-10-18(25)24-14-4-5-15(21)16(22)9-14/h3-7,9H,8,10-11H2,1-2H3,(H,23,26)(H,24,25). The van der Waals surface area contributed by atoms with Crippen LogP contribution in [0.1, 0.15) is 11.1 Å². The van der Waals surface area contributed by atoms with Gasteiger partial charge in [0.05, 0.1) is 20.1 Å². The summed E-state index contributed by atoms with van der Waals surface area (Å²) in [5, 5.41) is 4.56. The number of rotatable bonds is 8. The van der Waals surface area contributed by atoms with Crippen molar-refractivity contribution in [2.45, 2.75) is 13.3 Å². The van der Waals surface area contributed by atoms with E-state index in [4.69, 9.17) is 9.47 Å². The molecular weight excluding hydrogens is 386 g/mol. The molecule has 2 aromatic carbocycles. The molecule has 0 saturated carbocycles. The molecular formula is C20H20F2N2O5. The Morgan fingerprint density at radius 1 is 1.00 bits per heavy atom. The molecule has 2 N–H and O–H groups in total. The maximum Gasteiger partial charge on any atom is 0.310 e. The van der Waals surface area contributed by atoms with Crippen LogP contribution < -0.4 is 15.4 Å². The van der Waals surface area contributed by atoms with Gasteiger partial charge in [-0.1, -0.05) is 17.7 Å². The highest BCUT2D eigenvalue weighted by molar-refractivity contribution is 5.94. The number of hydrogen-bond donors (Lipinski definition) is 2. The van der Waals surface area contributed by atoms with Gasteiger partial charge in [0.25, 0.3) is 5.91 Å². The monoisotopic (exact) mass is 406 g/mol. The van der Waals surface area contributed by atoms with E-state index in [2.05, 4.69) is 10.6 Å². The van der Waals surface area contributed by atoms with Gasteiger partial charge >= 0.3 is 5.97 Å². The van der Waals surface area contributed by atoms with Crippen LogP contribution in [0.3, 0.4) is 0 Å². The van der Waals surface area contributed by atoms with Crippen LogP contribution in [0.2, 0.25) is 0 Å². The first-order valence-electron chi connectivity index (χ1n) is 8.59. The number of benzene rings is 2. The van der Waals surface area contributed by atoms with Gasteiger partial charge in [-0.15, -0.1) is 0 Å². The average Bonchev–Trinajstić information content (AvgIpc) is 2.68. The predicted molar refractivity (Wildman–Crippen MR) is 100 cm³/mol. The molecule has 0 unspecified atom stereocenters. The van der Waals surface area contributed by atoms with Crippen molar-refractivity contribution in [3.63, 3.8) is 0 Å². The van der Waals surface area contributed by atoms with Crippen molar-refractivity contribution < 1.29 is 32.6 Å². The summed E-state index contributed by atoms with van der Waals surface area (Å²) in [6.45, 7) is 0.875. The SMILES string of the molecule is COc1ccc(C)cc1CC(=O)OCC(=O)NCC(=O)Nc1ccc(F)c(F)c1. The first kappa shape index (κ1) is 21.8. The largest absolute Gasteiger partial charge is 0.496 e. The lowest BCUT2D eigenvalue weighted by Crippen LogP contribution is -2.35. The minimum Gasteiger partial charge on any atom is -0.496 e. The molecule has 0 aliphatic rings. The third kappa shape index (κ3) is 6.87. The number of hydrogen-bond acceptors (Lipinski definition) is 5. The molecule has 154 valence electrons. The van der Waals surface area contributed by atoms with Crippen LogP contribution >= 0.6 is 0 Å². The highest BCUT2D eigenvalue weighted by Gasteiger charge is 2.13. The van der Waals surface area contributed by atoms with Gasteiger partial charge in [-0.2, -0.15) is 0 Å². The minimum atomic E-state index is -1.11. The summed E-state index contributed by atoms with van der Waals surface area (Å²) in [6, 6.07) is 8.22. The van der Waals surface area contributed by atoms with E-state index in [1.165, 1.54) is 13.2 Å². The maximum atomic E-state index is 13.1. The molecule has 2 aromatic rings. The Hall–Kier alpha value is -3.49. The number of nitrogens with one attached hydrogen (secondary N) is 2. The quantitative estimate of drug-likeness (QED) is 0.655. The third-order valence-corrected chi connectivity index (χ3v) is 3.78. The van der Waals surface area contributed by atoms with E-state index in [-0.39, 0.29) is 12.1 Å². The molecule has 0 aliphatic carbocycles. The van der Waals surface area contributed by atoms with Crippen molar-refractivity contribution in [3.05, 3.63) is 59.2 Å². The summed E-state index contributed by atoms with van der Waals surface area (Å²) in [5.74, 6) is -3.58. The molecule has 0 fully saturated rings. The van der Waals surface area contributed by atoms with Crippen molar-refractivity contribution in [2.24, 2.45) is 0 Å². The Morgan fingerprint density at radius 3 is 2.45 bits per heavy atom. The summed E-state index contributed by atoms with van der Waals surface area (Å²) in [6.07, 6.45) is -0.0747. The predicted octanol–water partition coefficient (Wildman–Crippen LogP) is 2.12. The lowest BCUT2D eigenvalue weighted by Gasteiger charge is -2.10. The highest BCUT2D eigenvalue weighted by Crippen LogP contribution is 2.20. The molecule has 9 heteroatoms. The zero-order valence-electron chi connectivity index (χ0n) is 15.9. The zero-order valence-corrected chi connectivity index (χ0v) is 15.9. The second kappa shape index (κ2) is 10.2. The second-order valence-electron chi connectivity index (χ2n) is 6.11. The molecule has 0 spiro atoms. The molecule has 7 nitrogen and oxygen atoms in total. The molecule has 2 rings (SSSR count). The van der Waals surface area contributed by atoms with Crippen LogP contribution in [0.4, 0.5) is 14.5 Å². The van der Waals surface area contributed by atoms with Crippen LogP contribution in [-0.4, -0.2) is 38.0 Å². The van der Waals surface area contributed by atoms with Crippen LogP contribution in [0.25, 0.3) is 0 Å². The highest BCUT2D eigenvalue weighted by atomic mass is 19.2. The Balaban J connectivity index is 1.75. The number of methoxy groups -OCH3 is 1. The van der Waals surface area contributed by atoms with Crippen LogP contribution in [0.5, 0.6) is 5.75 Å². The van der Waals surface area contributed by atoms with Gasteiger partial charge < -0.3 is 20.1 Å². The second-order valence-corrected chi connectivity index (χ2v) is 6.11. The smallest absolute Gasteiger partial charge is 0.310 e. The average molecular weight is 406 g/mol. The van der Waals surface area contributed by atoms with Crippen LogP contribution in [-0.2, 0) is 25.5 Å². The molecule has 0 bridgehead atoms. The topological polar surface area (TPSA) is 93.7 Å². The van der Waals surface area contributed by atoms with E-state index in [1.807, 2.05) is 13.0 Å². The number of carbonyl (C=O) groups excluding carboxylic acids is 3. The van der Waals surface area contributed by atoms with Crippen molar-refractivity contribution >= 4 is 23.5 Å². The van der Waals surface area contributed by atoms with E-state index < -0.39 is 42.6 Å². The molecule has 0 aliphatic heterocycles. The van der Waals surface area contributed by atoms with Crippen molar-refractivity contribution in [1.82, 2.24) is 5.32 Å². The summed E-state index contributed by atoms with van der Waals surface area (Å²) >= 11 is 0. The fraction of sp³-hybridized carbons (Fsp3) is 0.250. The normalized spacial score (nSPS) is 10.2. The number of ether oxygens (including phenoxy) is 2. The number of esters is 1. The fourth-order valence-electron chi connectivity index (χ4n) is 2.41. The number of halogens is 2. The number of aryl methyl sites for hydroxylation is 1. The number of amides is 2. The molecule has 0 saturated heterocycles. The lowest BCUT2D eigenvalue weighted by atomic mass is 10.1. The van der Waals surface area contributed by atoms with Gasteiger partial charge in [-0.05, 0) is 25.1 Å². The van der Waals surface area contributed by atoms with Gasteiger partial charge in [0.2, 0.25) is 5.91 Å². The summed E-state index contributed by atoms with van der Waals surface area (Å²) in [7, 11) is 1.48. The lowest BCUT2D eigenvalue weighted by molar-refractivity contribution is -0.147. The molecule has 0 atom stereocenters. The number of carbonyl (C=O) groups is 3. The molecule has 0 radical (unpaired) electrons. The first-order valence-corrected chi connectivity index (χ1v) is 8.59. The summed E-state index contributed by atoms with van der Waals surface area (Å²) < 4.78 is 36.0. The number of anilines is 1. The van der Waals surface area contributed by atoms with E-state index in [9.17, 15) is 23.2 Å². The zero-order chi connectivity index (χ0) is 21.4. The van der Waals surface area contributed by atoms with E-state index >= 15 is 0 Å². The Kier molecular flexibility index (Phi) is 7.64. The minimum absolute atomic E-state index is 0.0432. The van der Waals surface area contributed by atoms with Crippen LogP contribution in [0, 0.1) is 18.6 Å². The Labute approximate surface area is 166 Å². The van der Waals surface area contributed by atoms with Crippen molar-refractivity contribution in [1.29, 1.82) is 0 Å². The van der Waals surface area contributed by atoms with Gasteiger partial charge in [0.15, 0.2) is 18.2 Å². The van der Waals surface area contributed by atoms with E-state index in [0.717, 1.165) is 17.7 Å². The third-order valence-electron chi connectivity index (χ3n) is 3.78. The first-order chi connectivity index (χ1) is 13.8. The molecule has 0 heterocycles. The van der Waals surface area contributed by atoms with Crippen LogP contribution in [0.15, 0.2) is 36.4 Å². The molecule has 2 amide bonds. The summed E-state index contributed by atoms with van der Waals surface area (Å²) in [5.41, 5.74) is 1.61. The Morgan fingerprint density at radius 2 is 1.76 bits per heavy atom. The van der Waals surface area contributed by atoms with Gasteiger partial charge in [-0.25, -0.2) is 8.78 Å². The van der Waals surface area contributed by atoms with E-state index in [0.29, 0.717) is 11.3 Å². The van der Waals surface area contributed by atoms with Gasteiger partial charge in [0, 0.05) is 17.3 Å². The van der Waals surface area contributed by atoms with Gasteiger partial charge in [-0.3, -0.25) is 14.4 Å². The fourth-order valence-corrected chi connectivity index (χ4v) is 2.41. The van der Waals surface area contributed by atoms with Crippen molar-refractivity contribution in [2.75, 3.05) is 25.6 Å². The maximum absolute atomic E-state index is 13.1.